The molecule has 0 radical (unpaired) electrons. The van der Waals surface area contributed by atoms with Crippen LogP contribution in [-0.4, -0.2) is 52.3 Å². The molecule has 0 saturated heterocycles. The Morgan fingerprint density at radius 2 is 1.67 bits per heavy atom. The minimum Gasteiger partial charge on any atom is -0.497 e. The van der Waals surface area contributed by atoms with Crippen LogP contribution in [0.2, 0.25) is 0 Å². The summed E-state index contributed by atoms with van der Waals surface area (Å²) >= 11 is 0. The Hall–Kier alpha value is -1.93. The summed E-state index contributed by atoms with van der Waals surface area (Å²) in [4.78, 5) is 22.9. The molecule has 0 amide bonds. The van der Waals surface area contributed by atoms with Gasteiger partial charge >= 0.3 is 5.97 Å². The average Bonchev–Trinajstić information content (AvgIpc) is 2.51. The summed E-state index contributed by atoms with van der Waals surface area (Å²) in [6, 6.07) is 3.30. The molecule has 1 aromatic rings. The largest absolute Gasteiger partial charge is 0.497 e. The van der Waals surface area contributed by atoms with Crippen LogP contribution in [0, 0.1) is 13.8 Å². The summed E-state index contributed by atoms with van der Waals surface area (Å²) in [6.07, 6.45) is -0.413. The van der Waals surface area contributed by atoms with Gasteiger partial charge in [-0.2, -0.15) is 0 Å². The van der Waals surface area contributed by atoms with Gasteiger partial charge in [0.25, 0.3) is 0 Å². The highest BCUT2D eigenvalue weighted by atomic mass is 32.2. The number of sulfonamides is 1. The third-order valence-corrected chi connectivity index (χ3v) is 5.78. The highest BCUT2D eigenvalue weighted by Gasteiger charge is 2.26. The molecule has 0 heterocycles. The van der Waals surface area contributed by atoms with E-state index in [0.717, 1.165) is 4.31 Å². The maximum Gasteiger partial charge on any atom is 0.313 e. The minimum absolute atomic E-state index is 0.0108. The first kappa shape index (κ1) is 20.1. The maximum absolute atomic E-state index is 12.7. The molecule has 0 bridgehead atoms. The number of methoxy groups -OCH3 is 2. The van der Waals surface area contributed by atoms with E-state index in [0.29, 0.717) is 16.9 Å². The number of hydrogen-bond acceptors (Lipinski definition) is 6. The first-order valence-electron chi connectivity index (χ1n) is 7.33. The monoisotopic (exact) mass is 357 g/mol. The van der Waals surface area contributed by atoms with Crippen molar-refractivity contribution in [3.8, 4) is 5.75 Å². The van der Waals surface area contributed by atoms with Crippen LogP contribution >= 0.6 is 0 Å². The van der Waals surface area contributed by atoms with Crippen molar-refractivity contribution in [2.24, 2.45) is 0 Å². The van der Waals surface area contributed by atoms with Crippen molar-refractivity contribution in [2.45, 2.75) is 31.6 Å². The van der Waals surface area contributed by atoms with Crippen molar-refractivity contribution in [1.82, 2.24) is 4.31 Å². The van der Waals surface area contributed by atoms with E-state index in [2.05, 4.69) is 4.74 Å². The van der Waals surface area contributed by atoms with Crippen LogP contribution in [-0.2, 0) is 24.3 Å². The molecule has 0 aliphatic carbocycles. The predicted molar refractivity (Wildman–Crippen MR) is 88.5 cm³/mol. The fourth-order valence-corrected chi connectivity index (χ4v) is 3.89. The quantitative estimate of drug-likeness (QED) is 0.517. The van der Waals surface area contributed by atoms with Gasteiger partial charge in [0, 0.05) is 20.0 Å². The molecule has 0 fully saturated rings. The highest BCUT2D eigenvalue weighted by Crippen LogP contribution is 2.27. The zero-order chi connectivity index (χ0) is 18.5. The predicted octanol–water partition coefficient (Wildman–Crippen LogP) is 1.45. The summed E-state index contributed by atoms with van der Waals surface area (Å²) in [5.74, 6) is -0.417. The van der Waals surface area contributed by atoms with E-state index in [9.17, 15) is 18.0 Å². The Kier molecular flexibility index (Phi) is 6.92. The molecule has 0 atom stereocenters. The number of hydrogen-bond donors (Lipinski definition) is 0. The number of ketones is 1. The van der Waals surface area contributed by atoms with Gasteiger partial charge in [-0.05, 0) is 37.1 Å². The number of Topliss-reactive ketones (excluding diaryl/α,β-unsaturated/α-hetero) is 1. The van der Waals surface area contributed by atoms with Gasteiger partial charge in [0.15, 0.2) is 0 Å². The molecule has 0 spiro atoms. The molecule has 24 heavy (non-hydrogen) atoms. The van der Waals surface area contributed by atoms with Crippen molar-refractivity contribution in [3.63, 3.8) is 0 Å². The minimum atomic E-state index is -3.75. The Bertz CT molecular complexity index is 703. The maximum atomic E-state index is 12.7. The third kappa shape index (κ3) is 4.78. The summed E-state index contributed by atoms with van der Waals surface area (Å²) < 4.78 is 36.2. The molecule has 0 aromatic heterocycles. The van der Waals surface area contributed by atoms with E-state index >= 15 is 0 Å². The lowest BCUT2D eigenvalue weighted by Gasteiger charge is -2.20. The van der Waals surface area contributed by atoms with Crippen molar-refractivity contribution in [1.29, 1.82) is 0 Å². The standard InChI is InChI=1S/C16H23NO6S/c1-11-8-14(22-4)9-12(2)16(11)24(20,21)17(3)7-6-13(18)10-15(19)23-5/h8-9H,6-7,10H2,1-5H3. The second-order valence-corrected chi connectivity index (χ2v) is 7.44. The van der Waals surface area contributed by atoms with Gasteiger partial charge in [-0.3, -0.25) is 9.59 Å². The second kappa shape index (κ2) is 8.25. The zero-order valence-corrected chi connectivity index (χ0v) is 15.4. The van der Waals surface area contributed by atoms with Crippen LogP contribution in [0.4, 0.5) is 0 Å². The number of ether oxygens (including phenoxy) is 2. The van der Waals surface area contributed by atoms with E-state index in [-0.39, 0.29) is 30.1 Å². The number of rotatable bonds is 8. The molecule has 0 saturated carbocycles. The summed E-state index contributed by atoms with van der Waals surface area (Å²) in [5, 5.41) is 0. The molecular weight excluding hydrogens is 334 g/mol. The number of esters is 1. The summed E-state index contributed by atoms with van der Waals surface area (Å²) in [6.45, 7) is 3.38. The zero-order valence-electron chi connectivity index (χ0n) is 14.6. The first-order valence-corrected chi connectivity index (χ1v) is 8.77. The van der Waals surface area contributed by atoms with E-state index in [4.69, 9.17) is 4.74 Å². The normalized spacial score (nSPS) is 11.4. The summed E-state index contributed by atoms with van der Waals surface area (Å²) in [5.41, 5.74) is 1.14. The summed E-state index contributed by atoms with van der Waals surface area (Å²) in [7, 11) is 0.372. The number of benzene rings is 1. The van der Waals surface area contributed by atoms with Crippen LogP contribution in [0.5, 0.6) is 5.75 Å². The molecule has 0 N–H and O–H groups in total. The number of aryl methyl sites for hydroxylation is 2. The van der Waals surface area contributed by atoms with Crippen molar-refractivity contribution in [3.05, 3.63) is 23.3 Å². The van der Waals surface area contributed by atoms with E-state index in [1.165, 1.54) is 21.3 Å². The van der Waals surface area contributed by atoms with Crippen LogP contribution < -0.4 is 4.74 Å². The van der Waals surface area contributed by atoms with Crippen molar-refractivity contribution in [2.75, 3.05) is 27.8 Å². The third-order valence-electron chi connectivity index (χ3n) is 3.61. The van der Waals surface area contributed by atoms with Gasteiger partial charge in [-0.1, -0.05) is 0 Å². The van der Waals surface area contributed by atoms with Gasteiger partial charge in [0.1, 0.15) is 18.0 Å². The smallest absolute Gasteiger partial charge is 0.313 e. The molecule has 7 nitrogen and oxygen atoms in total. The molecule has 134 valence electrons. The van der Waals surface area contributed by atoms with Crippen LogP contribution in [0.25, 0.3) is 0 Å². The fourth-order valence-electron chi connectivity index (χ4n) is 2.31. The molecule has 1 rings (SSSR count). The van der Waals surface area contributed by atoms with Gasteiger partial charge in [0.05, 0.1) is 19.1 Å². The molecular formula is C16H23NO6S. The number of nitrogens with zero attached hydrogens (tertiary/aromatic N) is 1. The fraction of sp³-hybridized carbons (Fsp3) is 0.500. The van der Waals surface area contributed by atoms with Gasteiger partial charge in [-0.25, -0.2) is 12.7 Å². The SMILES string of the molecule is COC(=O)CC(=O)CCN(C)S(=O)(=O)c1c(C)cc(OC)cc1C. The lowest BCUT2D eigenvalue weighted by Crippen LogP contribution is -2.30. The van der Waals surface area contributed by atoms with E-state index in [1.54, 1.807) is 26.0 Å². The first-order chi connectivity index (χ1) is 11.1. The molecule has 0 aliphatic rings. The van der Waals surface area contributed by atoms with Crippen LogP contribution in [0.3, 0.4) is 0 Å². The van der Waals surface area contributed by atoms with E-state index in [1.807, 2.05) is 0 Å². The Morgan fingerprint density at radius 1 is 1.12 bits per heavy atom. The number of carbonyl (C=O) groups is 2. The number of carbonyl (C=O) groups excluding carboxylic acids is 2. The van der Waals surface area contributed by atoms with Crippen LogP contribution in [0.15, 0.2) is 17.0 Å². The van der Waals surface area contributed by atoms with Gasteiger partial charge in [0.2, 0.25) is 10.0 Å². The van der Waals surface area contributed by atoms with Gasteiger partial charge in [-0.15, -0.1) is 0 Å². The van der Waals surface area contributed by atoms with Gasteiger partial charge < -0.3 is 9.47 Å². The van der Waals surface area contributed by atoms with Crippen molar-refractivity contribution < 1.29 is 27.5 Å². The lowest BCUT2D eigenvalue weighted by molar-refractivity contribution is -0.143. The Morgan fingerprint density at radius 3 is 2.12 bits per heavy atom. The molecule has 1 aromatic carbocycles. The highest BCUT2D eigenvalue weighted by molar-refractivity contribution is 7.89. The average molecular weight is 357 g/mol. The Labute approximate surface area is 142 Å². The molecule has 0 unspecified atom stereocenters. The lowest BCUT2D eigenvalue weighted by atomic mass is 10.1. The van der Waals surface area contributed by atoms with E-state index < -0.39 is 16.0 Å². The van der Waals surface area contributed by atoms with Crippen LogP contribution in [0.1, 0.15) is 24.0 Å². The topological polar surface area (TPSA) is 90.0 Å². The second-order valence-electron chi connectivity index (χ2n) is 5.46. The van der Waals surface area contributed by atoms with Crippen molar-refractivity contribution >= 4 is 21.8 Å². The Balaban J connectivity index is 2.92. The molecule has 8 heteroatoms. The molecule has 0 aliphatic heterocycles.